The molecule has 3 heterocycles. The second-order valence-corrected chi connectivity index (χ2v) is 6.01. The van der Waals surface area contributed by atoms with E-state index >= 15 is 0 Å². The van der Waals surface area contributed by atoms with Crippen LogP contribution in [0.5, 0.6) is 0 Å². The van der Waals surface area contributed by atoms with Gasteiger partial charge in [0.25, 0.3) is 0 Å². The quantitative estimate of drug-likeness (QED) is 0.667. The van der Waals surface area contributed by atoms with Crippen LogP contribution < -0.4 is 16.8 Å². The first-order valence-corrected chi connectivity index (χ1v) is 8.02. The SMILES string of the molecule is N.NC(=O)c1ccccc1C1CCN(c2ncnc3nc[nH]c23)CC1. The number of anilines is 1. The smallest absolute Gasteiger partial charge is 0.248 e. The summed E-state index contributed by atoms with van der Waals surface area (Å²) < 4.78 is 0. The summed E-state index contributed by atoms with van der Waals surface area (Å²) in [6.45, 7) is 1.73. The summed E-state index contributed by atoms with van der Waals surface area (Å²) in [5.41, 5.74) is 8.75. The molecular weight excluding hydrogens is 318 g/mol. The minimum atomic E-state index is -0.358. The molecule has 1 aliphatic heterocycles. The van der Waals surface area contributed by atoms with E-state index < -0.39 is 0 Å². The zero-order chi connectivity index (χ0) is 16.5. The van der Waals surface area contributed by atoms with Gasteiger partial charge in [-0.2, -0.15) is 0 Å². The molecule has 2 aromatic heterocycles. The van der Waals surface area contributed by atoms with Crippen molar-refractivity contribution in [3.63, 3.8) is 0 Å². The largest absolute Gasteiger partial charge is 0.366 e. The predicted molar refractivity (Wildman–Crippen MR) is 95.9 cm³/mol. The Kier molecular flexibility index (Phi) is 4.62. The number of hydrogen-bond donors (Lipinski definition) is 3. The van der Waals surface area contributed by atoms with Crippen molar-refractivity contribution in [1.82, 2.24) is 26.1 Å². The first kappa shape index (κ1) is 16.8. The third-order valence-electron chi connectivity index (χ3n) is 4.66. The number of aromatic nitrogens is 4. The number of nitrogens with one attached hydrogen (secondary N) is 1. The van der Waals surface area contributed by atoms with Gasteiger partial charge >= 0.3 is 0 Å². The fraction of sp³-hybridized carbons (Fsp3) is 0.294. The Labute approximate surface area is 145 Å². The number of amides is 1. The average Bonchev–Trinajstić information content (AvgIpc) is 3.10. The Morgan fingerprint density at radius 1 is 1.16 bits per heavy atom. The van der Waals surface area contributed by atoms with Crippen LogP contribution in [0.3, 0.4) is 0 Å². The van der Waals surface area contributed by atoms with E-state index in [1.165, 1.54) is 0 Å². The highest BCUT2D eigenvalue weighted by Gasteiger charge is 2.25. The molecule has 4 rings (SSSR count). The highest BCUT2D eigenvalue weighted by atomic mass is 16.1. The van der Waals surface area contributed by atoms with Crippen LogP contribution in [0.25, 0.3) is 11.2 Å². The number of nitrogens with zero attached hydrogens (tertiary/aromatic N) is 4. The minimum Gasteiger partial charge on any atom is -0.366 e. The number of carbonyl (C=O) groups excluding carboxylic acids is 1. The van der Waals surface area contributed by atoms with Crippen LogP contribution in [-0.2, 0) is 0 Å². The van der Waals surface area contributed by atoms with E-state index in [4.69, 9.17) is 5.73 Å². The maximum atomic E-state index is 11.7. The lowest BCUT2D eigenvalue weighted by Gasteiger charge is -2.33. The molecule has 0 bridgehead atoms. The second-order valence-electron chi connectivity index (χ2n) is 6.01. The van der Waals surface area contributed by atoms with E-state index in [0.29, 0.717) is 17.1 Å². The van der Waals surface area contributed by atoms with Crippen LogP contribution in [0.15, 0.2) is 36.9 Å². The zero-order valence-corrected chi connectivity index (χ0v) is 13.9. The summed E-state index contributed by atoms with van der Waals surface area (Å²) in [5, 5.41) is 0. The van der Waals surface area contributed by atoms with Crippen LogP contribution in [0.4, 0.5) is 5.82 Å². The summed E-state index contributed by atoms with van der Waals surface area (Å²) in [6, 6.07) is 7.64. The van der Waals surface area contributed by atoms with Gasteiger partial charge in [-0.1, -0.05) is 18.2 Å². The second kappa shape index (κ2) is 6.86. The van der Waals surface area contributed by atoms with Gasteiger partial charge in [-0.05, 0) is 30.4 Å². The third-order valence-corrected chi connectivity index (χ3v) is 4.66. The molecule has 0 atom stereocenters. The number of carbonyl (C=O) groups is 1. The molecule has 6 N–H and O–H groups in total. The van der Waals surface area contributed by atoms with Crippen LogP contribution in [-0.4, -0.2) is 38.9 Å². The maximum Gasteiger partial charge on any atom is 0.248 e. The number of H-pyrrole nitrogens is 1. The topological polar surface area (TPSA) is 136 Å². The lowest BCUT2D eigenvalue weighted by molar-refractivity contribution is 0.0998. The van der Waals surface area contributed by atoms with Crippen molar-refractivity contribution in [3.05, 3.63) is 48.0 Å². The molecule has 8 nitrogen and oxygen atoms in total. The number of benzene rings is 1. The monoisotopic (exact) mass is 339 g/mol. The van der Waals surface area contributed by atoms with Gasteiger partial charge < -0.3 is 21.8 Å². The Morgan fingerprint density at radius 3 is 2.68 bits per heavy atom. The normalized spacial score (nSPS) is 15.1. The van der Waals surface area contributed by atoms with E-state index in [1.54, 1.807) is 12.7 Å². The van der Waals surface area contributed by atoms with E-state index in [2.05, 4.69) is 24.8 Å². The summed E-state index contributed by atoms with van der Waals surface area (Å²) in [5.74, 6) is 0.867. The summed E-state index contributed by atoms with van der Waals surface area (Å²) in [6.07, 6.45) is 5.08. The van der Waals surface area contributed by atoms with Gasteiger partial charge in [0.05, 0.1) is 6.33 Å². The van der Waals surface area contributed by atoms with Crippen LogP contribution in [0.2, 0.25) is 0 Å². The predicted octanol–water partition coefficient (Wildman–Crippen LogP) is 2.00. The summed E-state index contributed by atoms with van der Waals surface area (Å²) in [7, 11) is 0. The molecule has 1 aliphatic rings. The van der Waals surface area contributed by atoms with Gasteiger partial charge in [-0.3, -0.25) is 4.79 Å². The fourth-order valence-corrected chi connectivity index (χ4v) is 3.47. The number of nitrogens with two attached hydrogens (primary N) is 1. The zero-order valence-electron chi connectivity index (χ0n) is 13.9. The molecule has 1 fully saturated rings. The number of primary amides is 1. The number of imidazole rings is 1. The Morgan fingerprint density at radius 2 is 1.92 bits per heavy atom. The van der Waals surface area contributed by atoms with Crippen LogP contribution >= 0.6 is 0 Å². The number of fused-ring (bicyclic) bond motifs is 1. The minimum absolute atomic E-state index is 0. The Hall–Kier alpha value is -3.00. The van der Waals surface area contributed by atoms with E-state index in [0.717, 1.165) is 42.8 Å². The first-order chi connectivity index (χ1) is 11.7. The van der Waals surface area contributed by atoms with Crippen LogP contribution in [0, 0.1) is 0 Å². The third kappa shape index (κ3) is 3.03. The molecule has 0 spiro atoms. The molecule has 1 amide bonds. The molecule has 0 unspecified atom stereocenters. The van der Waals surface area contributed by atoms with Gasteiger partial charge in [0.1, 0.15) is 11.8 Å². The first-order valence-electron chi connectivity index (χ1n) is 8.02. The van der Waals surface area contributed by atoms with E-state index in [-0.39, 0.29) is 12.1 Å². The van der Waals surface area contributed by atoms with Gasteiger partial charge in [0.15, 0.2) is 11.5 Å². The molecule has 1 saturated heterocycles. The summed E-state index contributed by atoms with van der Waals surface area (Å²) >= 11 is 0. The highest BCUT2D eigenvalue weighted by molar-refractivity contribution is 5.94. The van der Waals surface area contributed by atoms with Crippen molar-refractivity contribution >= 4 is 22.9 Å². The molecule has 25 heavy (non-hydrogen) atoms. The van der Waals surface area contributed by atoms with E-state index in [9.17, 15) is 4.79 Å². The molecule has 8 heteroatoms. The fourth-order valence-electron chi connectivity index (χ4n) is 3.47. The number of rotatable bonds is 3. The number of piperidine rings is 1. The standard InChI is InChI=1S/C17H18N6O.H3N/c18-15(24)13-4-2-1-3-12(13)11-5-7-23(8-6-11)17-14-16(20-9-19-14)21-10-22-17;/h1-4,9-11H,5-8H2,(H2,18,24)(H,19,20,21,22);1H3. The van der Waals surface area contributed by atoms with Gasteiger partial charge in [0, 0.05) is 18.7 Å². The molecule has 130 valence electrons. The van der Waals surface area contributed by atoms with Gasteiger partial charge in [0.2, 0.25) is 5.91 Å². The van der Waals surface area contributed by atoms with Crippen LogP contribution in [0.1, 0.15) is 34.7 Å². The highest BCUT2D eigenvalue weighted by Crippen LogP contribution is 2.32. The lowest BCUT2D eigenvalue weighted by Crippen LogP contribution is -2.34. The van der Waals surface area contributed by atoms with Gasteiger partial charge in [-0.15, -0.1) is 0 Å². The van der Waals surface area contributed by atoms with Crippen molar-refractivity contribution in [3.8, 4) is 0 Å². The van der Waals surface area contributed by atoms with Crippen molar-refractivity contribution in [2.75, 3.05) is 18.0 Å². The maximum absolute atomic E-state index is 11.7. The van der Waals surface area contributed by atoms with Crippen molar-refractivity contribution in [2.45, 2.75) is 18.8 Å². The van der Waals surface area contributed by atoms with Crippen molar-refractivity contribution < 1.29 is 4.79 Å². The molecule has 0 aliphatic carbocycles. The van der Waals surface area contributed by atoms with Gasteiger partial charge in [-0.25, -0.2) is 15.0 Å². The van der Waals surface area contributed by atoms with Crippen molar-refractivity contribution in [1.29, 1.82) is 0 Å². The number of aromatic amines is 1. The number of hydrogen-bond acceptors (Lipinski definition) is 6. The molecule has 0 saturated carbocycles. The molecule has 3 aromatic rings. The Bertz CT molecular complexity index is 883. The molecule has 0 radical (unpaired) electrons. The Balaban J connectivity index is 0.00000182. The average molecular weight is 339 g/mol. The molecule has 1 aromatic carbocycles. The van der Waals surface area contributed by atoms with Crippen molar-refractivity contribution in [2.24, 2.45) is 5.73 Å². The van der Waals surface area contributed by atoms with E-state index in [1.807, 2.05) is 24.3 Å². The lowest BCUT2D eigenvalue weighted by atomic mass is 9.86. The molecular formula is C17H21N7O. The summed E-state index contributed by atoms with van der Waals surface area (Å²) in [4.78, 5) is 29.8.